The zero-order valence-corrected chi connectivity index (χ0v) is 17.8. The number of piperazine rings is 1. The zero-order valence-electron chi connectivity index (χ0n) is 17.8. The molecule has 0 bridgehead atoms. The Labute approximate surface area is 180 Å². The van der Waals surface area contributed by atoms with Crippen molar-refractivity contribution in [3.63, 3.8) is 0 Å². The van der Waals surface area contributed by atoms with Gasteiger partial charge < -0.3 is 9.80 Å². The first-order valence-corrected chi connectivity index (χ1v) is 10.7. The lowest BCUT2D eigenvalue weighted by Gasteiger charge is -2.37. The highest BCUT2D eigenvalue weighted by molar-refractivity contribution is 5.49. The fourth-order valence-corrected chi connectivity index (χ4v) is 4.28. The molecule has 0 saturated carbocycles. The lowest BCUT2D eigenvalue weighted by atomic mass is 10.1. The Kier molecular flexibility index (Phi) is 5.47. The molecule has 10 nitrogen and oxygen atoms in total. The van der Waals surface area contributed by atoms with E-state index < -0.39 is 0 Å². The number of fused-ring (bicyclic) bond motifs is 1. The van der Waals surface area contributed by atoms with E-state index in [1.165, 1.54) is 15.9 Å². The molecule has 0 aliphatic carbocycles. The summed E-state index contributed by atoms with van der Waals surface area (Å²) >= 11 is 0. The van der Waals surface area contributed by atoms with Crippen LogP contribution < -0.4 is 10.5 Å². The van der Waals surface area contributed by atoms with Gasteiger partial charge in [-0.15, -0.1) is 5.10 Å². The Bertz CT molecular complexity index is 1090. The number of likely N-dealkylation sites (N-methyl/N-ethyl adjacent to an activating group) is 1. The van der Waals surface area contributed by atoms with Crippen LogP contribution in [0.2, 0.25) is 0 Å². The molecular formula is C21H27N9O. The van der Waals surface area contributed by atoms with E-state index in [4.69, 9.17) is 0 Å². The van der Waals surface area contributed by atoms with Gasteiger partial charge in [-0.05, 0) is 19.2 Å². The summed E-state index contributed by atoms with van der Waals surface area (Å²) in [6.07, 6.45) is 6.21. The number of hydrogen-bond acceptors (Lipinski definition) is 8. The quantitative estimate of drug-likeness (QED) is 0.570. The second-order valence-electron chi connectivity index (χ2n) is 8.14. The molecule has 0 spiro atoms. The molecule has 1 saturated heterocycles. The summed E-state index contributed by atoms with van der Waals surface area (Å²) in [5.74, 6) is 1.73. The first-order chi connectivity index (χ1) is 15.2. The standard InChI is InChI=1S/C21H27N9O/c1-26-8-5-18-17(15-26)21(23-16-22-18)28-12-9-27(10-13-28)11-14-30-20(31)4-3-19(25-30)29-7-2-6-24-29/h2-4,6-7,16H,5,8-15H2,1H3. The van der Waals surface area contributed by atoms with Crippen molar-refractivity contribution < 1.29 is 0 Å². The minimum atomic E-state index is -0.0914. The van der Waals surface area contributed by atoms with Crippen molar-refractivity contribution in [1.82, 2.24) is 39.3 Å². The lowest BCUT2D eigenvalue weighted by Crippen LogP contribution is -2.48. The Hall–Kier alpha value is -3.11. The van der Waals surface area contributed by atoms with Gasteiger partial charge in [-0.2, -0.15) is 5.10 Å². The predicted octanol–water partition coefficient (Wildman–Crippen LogP) is 0.0291. The van der Waals surface area contributed by atoms with Crippen molar-refractivity contribution in [2.75, 3.05) is 51.2 Å². The van der Waals surface area contributed by atoms with Gasteiger partial charge in [0.05, 0.1) is 12.2 Å². The van der Waals surface area contributed by atoms with Crippen LogP contribution in [0.25, 0.3) is 5.82 Å². The predicted molar refractivity (Wildman–Crippen MR) is 116 cm³/mol. The molecule has 0 radical (unpaired) electrons. The molecule has 0 unspecified atom stereocenters. The SMILES string of the molecule is CN1CCc2ncnc(N3CCN(CCn4nc(-n5cccn5)ccc4=O)CC3)c2C1. The fourth-order valence-electron chi connectivity index (χ4n) is 4.28. The van der Waals surface area contributed by atoms with Gasteiger partial charge in [-0.3, -0.25) is 9.69 Å². The molecule has 0 aromatic carbocycles. The third kappa shape index (κ3) is 4.21. The molecule has 3 aromatic rings. The monoisotopic (exact) mass is 421 g/mol. The van der Waals surface area contributed by atoms with Gasteiger partial charge in [-0.25, -0.2) is 19.3 Å². The number of rotatable bonds is 5. The van der Waals surface area contributed by atoms with Gasteiger partial charge in [0.2, 0.25) is 0 Å². The van der Waals surface area contributed by atoms with E-state index >= 15 is 0 Å². The zero-order chi connectivity index (χ0) is 21.2. The Morgan fingerprint density at radius 3 is 2.71 bits per heavy atom. The molecule has 0 N–H and O–H groups in total. The molecule has 162 valence electrons. The lowest BCUT2D eigenvalue weighted by molar-refractivity contribution is 0.241. The average Bonchev–Trinajstić information content (AvgIpc) is 3.33. The van der Waals surface area contributed by atoms with Gasteiger partial charge in [0.1, 0.15) is 12.1 Å². The van der Waals surface area contributed by atoms with E-state index in [9.17, 15) is 4.79 Å². The molecule has 0 amide bonds. The Morgan fingerprint density at radius 2 is 1.90 bits per heavy atom. The molecule has 0 atom stereocenters. The minimum absolute atomic E-state index is 0.0914. The topological polar surface area (TPSA) is 88.2 Å². The van der Waals surface area contributed by atoms with E-state index in [0.29, 0.717) is 12.4 Å². The molecule has 10 heteroatoms. The van der Waals surface area contributed by atoms with Crippen LogP contribution in [0.5, 0.6) is 0 Å². The van der Waals surface area contributed by atoms with Crippen LogP contribution in [0.1, 0.15) is 11.3 Å². The van der Waals surface area contributed by atoms with E-state index in [2.05, 4.69) is 41.9 Å². The Morgan fingerprint density at radius 1 is 1.03 bits per heavy atom. The minimum Gasteiger partial charge on any atom is -0.354 e. The number of anilines is 1. The molecule has 1 fully saturated rings. The average molecular weight is 422 g/mol. The maximum atomic E-state index is 12.2. The largest absolute Gasteiger partial charge is 0.354 e. The third-order valence-electron chi connectivity index (χ3n) is 6.06. The first kappa shape index (κ1) is 19.8. The normalized spacial score (nSPS) is 17.6. The van der Waals surface area contributed by atoms with E-state index in [1.54, 1.807) is 29.3 Å². The highest BCUT2D eigenvalue weighted by atomic mass is 16.1. The second-order valence-corrected chi connectivity index (χ2v) is 8.14. The summed E-state index contributed by atoms with van der Waals surface area (Å²) in [4.78, 5) is 28.4. The molecule has 3 aromatic heterocycles. The summed E-state index contributed by atoms with van der Waals surface area (Å²) in [7, 11) is 2.15. The Balaban J connectivity index is 1.21. The highest BCUT2D eigenvalue weighted by Gasteiger charge is 2.24. The van der Waals surface area contributed by atoms with Crippen molar-refractivity contribution in [3.8, 4) is 5.82 Å². The van der Waals surface area contributed by atoms with E-state index in [0.717, 1.165) is 58.1 Å². The van der Waals surface area contributed by atoms with Crippen molar-refractivity contribution in [2.24, 2.45) is 0 Å². The van der Waals surface area contributed by atoms with Crippen molar-refractivity contribution in [3.05, 3.63) is 58.5 Å². The van der Waals surface area contributed by atoms with Gasteiger partial charge in [0.15, 0.2) is 5.82 Å². The summed E-state index contributed by atoms with van der Waals surface area (Å²) < 4.78 is 3.19. The van der Waals surface area contributed by atoms with Crippen molar-refractivity contribution >= 4 is 5.82 Å². The number of hydrogen-bond donors (Lipinski definition) is 0. The molecule has 5 heterocycles. The highest BCUT2D eigenvalue weighted by Crippen LogP contribution is 2.25. The van der Waals surface area contributed by atoms with Crippen LogP contribution in [0.15, 0.2) is 41.7 Å². The molecule has 2 aliphatic heterocycles. The van der Waals surface area contributed by atoms with Crippen molar-refractivity contribution in [1.29, 1.82) is 0 Å². The van der Waals surface area contributed by atoms with Crippen LogP contribution in [0, 0.1) is 0 Å². The van der Waals surface area contributed by atoms with E-state index in [1.807, 2.05) is 12.3 Å². The van der Waals surface area contributed by atoms with Gasteiger partial charge in [0, 0.05) is 76.3 Å². The number of nitrogens with zero attached hydrogens (tertiary/aromatic N) is 9. The van der Waals surface area contributed by atoms with Crippen LogP contribution in [0.3, 0.4) is 0 Å². The van der Waals surface area contributed by atoms with Crippen LogP contribution in [0.4, 0.5) is 5.82 Å². The smallest absolute Gasteiger partial charge is 0.266 e. The third-order valence-corrected chi connectivity index (χ3v) is 6.06. The summed E-state index contributed by atoms with van der Waals surface area (Å²) in [6, 6.07) is 5.09. The maximum absolute atomic E-state index is 12.2. The van der Waals surface area contributed by atoms with Crippen molar-refractivity contribution in [2.45, 2.75) is 19.5 Å². The summed E-state index contributed by atoms with van der Waals surface area (Å²) in [5, 5.41) is 8.65. The maximum Gasteiger partial charge on any atom is 0.266 e. The fraction of sp³-hybridized carbons (Fsp3) is 0.476. The van der Waals surface area contributed by atoms with E-state index in [-0.39, 0.29) is 5.56 Å². The van der Waals surface area contributed by atoms with Crippen LogP contribution in [-0.4, -0.2) is 85.6 Å². The summed E-state index contributed by atoms with van der Waals surface area (Å²) in [6.45, 7) is 7.00. The van der Waals surface area contributed by atoms with Gasteiger partial charge in [0.25, 0.3) is 5.56 Å². The number of aromatic nitrogens is 6. The molecule has 5 rings (SSSR count). The molecule has 31 heavy (non-hydrogen) atoms. The van der Waals surface area contributed by atoms with Gasteiger partial charge in [-0.1, -0.05) is 0 Å². The van der Waals surface area contributed by atoms with Gasteiger partial charge >= 0.3 is 0 Å². The second kappa shape index (κ2) is 8.56. The molecule has 2 aliphatic rings. The summed E-state index contributed by atoms with van der Waals surface area (Å²) in [5.41, 5.74) is 2.37. The van der Waals surface area contributed by atoms with Crippen LogP contribution >= 0.6 is 0 Å². The first-order valence-electron chi connectivity index (χ1n) is 10.7. The van der Waals surface area contributed by atoms with Crippen LogP contribution in [-0.2, 0) is 19.5 Å². The molecular weight excluding hydrogens is 394 g/mol.